The molecule has 4 rings (SSSR count). The molecule has 152 valence electrons. The Bertz CT molecular complexity index is 1060. The summed E-state index contributed by atoms with van der Waals surface area (Å²) < 4.78 is 5.51. The molecule has 0 aliphatic heterocycles. The van der Waals surface area contributed by atoms with Crippen LogP contribution in [0.15, 0.2) is 67.0 Å². The average molecular weight is 423 g/mol. The molecular weight excluding hydrogens is 404 g/mol. The van der Waals surface area contributed by atoms with E-state index in [1.54, 1.807) is 6.07 Å². The molecule has 1 atom stereocenters. The second-order valence-electron chi connectivity index (χ2n) is 7.06. The van der Waals surface area contributed by atoms with Gasteiger partial charge in [0.15, 0.2) is 0 Å². The molecule has 30 heavy (non-hydrogen) atoms. The van der Waals surface area contributed by atoms with Crippen molar-refractivity contribution < 1.29 is 19.4 Å². The molecule has 3 aromatic rings. The van der Waals surface area contributed by atoms with Crippen molar-refractivity contribution in [3.05, 3.63) is 88.7 Å². The predicted octanol–water partition coefficient (Wildman–Crippen LogP) is 4.79. The zero-order valence-electron chi connectivity index (χ0n) is 15.9. The quantitative estimate of drug-likeness (QED) is 0.596. The van der Waals surface area contributed by atoms with Gasteiger partial charge in [-0.05, 0) is 33.9 Å². The topological polar surface area (TPSA) is 88.5 Å². The van der Waals surface area contributed by atoms with Gasteiger partial charge in [-0.3, -0.25) is 9.78 Å². The number of carboxylic acids is 1. The summed E-state index contributed by atoms with van der Waals surface area (Å²) in [4.78, 5) is 27.7. The molecule has 0 fully saturated rings. The summed E-state index contributed by atoms with van der Waals surface area (Å²) in [6.07, 6.45) is 1.91. The number of aromatic nitrogens is 1. The lowest BCUT2D eigenvalue weighted by Gasteiger charge is -2.19. The Hall–Kier alpha value is -3.38. The van der Waals surface area contributed by atoms with Crippen LogP contribution in [0.3, 0.4) is 0 Å². The number of carbonyl (C=O) groups excluding carboxylic acids is 1. The number of amides is 1. The average Bonchev–Trinajstić information content (AvgIpc) is 3.05. The maximum Gasteiger partial charge on any atom is 0.407 e. The minimum absolute atomic E-state index is 0.0751. The van der Waals surface area contributed by atoms with Crippen LogP contribution in [0.5, 0.6) is 0 Å². The van der Waals surface area contributed by atoms with Crippen LogP contribution in [0, 0.1) is 0 Å². The number of carbonyl (C=O) groups is 2. The molecule has 6 nitrogen and oxygen atoms in total. The van der Waals surface area contributed by atoms with Gasteiger partial charge in [0.1, 0.15) is 6.61 Å². The van der Waals surface area contributed by atoms with Crippen molar-refractivity contribution in [2.24, 2.45) is 0 Å². The number of benzene rings is 2. The number of carboxylic acid groups (broad SMARTS) is 1. The van der Waals surface area contributed by atoms with E-state index in [-0.39, 0.29) is 18.9 Å². The first-order valence-corrected chi connectivity index (χ1v) is 9.84. The zero-order valence-corrected chi connectivity index (χ0v) is 16.7. The Kier molecular flexibility index (Phi) is 5.68. The van der Waals surface area contributed by atoms with Crippen molar-refractivity contribution in [2.45, 2.75) is 18.4 Å². The van der Waals surface area contributed by atoms with Gasteiger partial charge in [0.2, 0.25) is 0 Å². The minimum Gasteiger partial charge on any atom is -0.481 e. The van der Waals surface area contributed by atoms with E-state index in [0.29, 0.717) is 10.6 Å². The van der Waals surface area contributed by atoms with Gasteiger partial charge >= 0.3 is 12.1 Å². The molecule has 0 saturated carbocycles. The summed E-state index contributed by atoms with van der Waals surface area (Å²) in [6.45, 7) is 0.146. The van der Waals surface area contributed by atoms with Crippen molar-refractivity contribution in [3.8, 4) is 11.1 Å². The van der Waals surface area contributed by atoms with Gasteiger partial charge in [0.25, 0.3) is 0 Å². The first kappa shape index (κ1) is 19.9. The van der Waals surface area contributed by atoms with Crippen molar-refractivity contribution in [2.75, 3.05) is 6.61 Å². The number of rotatable bonds is 6. The second kappa shape index (κ2) is 8.55. The molecule has 1 unspecified atom stereocenters. The summed E-state index contributed by atoms with van der Waals surface area (Å²) in [5.41, 5.74) is 4.98. The lowest BCUT2D eigenvalue weighted by Crippen LogP contribution is -2.31. The van der Waals surface area contributed by atoms with Crippen LogP contribution >= 0.6 is 11.6 Å². The maximum atomic E-state index is 12.5. The number of nitrogens with one attached hydrogen (secondary N) is 1. The van der Waals surface area contributed by atoms with E-state index in [2.05, 4.69) is 22.4 Å². The Balaban J connectivity index is 1.48. The van der Waals surface area contributed by atoms with Gasteiger partial charge < -0.3 is 15.2 Å². The second-order valence-corrected chi connectivity index (χ2v) is 7.49. The highest BCUT2D eigenvalue weighted by Gasteiger charge is 2.29. The number of ether oxygens (including phenoxy) is 1. The van der Waals surface area contributed by atoms with Crippen LogP contribution < -0.4 is 5.32 Å². The van der Waals surface area contributed by atoms with Crippen LogP contribution in [-0.4, -0.2) is 28.8 Å². The summed E-state index contributed by atoms with van der Waals surface area (Å²) >= 11 is 5.95. The lowest BCUT2D eigenvalue weighted by atomic mass is 9.98. The number of alkyl carbamates (subject to hydrolysis) is 1. The predicted molar refractivity (Wildman–Crippen MR) is 112 cm³/mol. The van der Waals surface area contributed by atoms with E-state index in [0.717, 1.165) is 22.3 Å². The van der Waals surface area contributed by atoms with Gasteiger partial charge in [-0.2, -0.15) is 0 Å². The fourth-order valence-electron chi connectivity index (χ4n) is 3.83. The zero-order chi connectivity index (χ0) is 21.1. The molecular formula is C23H19ClN2O4. The highest BCUT2D eigenvalue weighted by Crippen LogP contribution is 2.44. The summed E-state index contributed by atoms with van der Waals surface area (Å²) in [5, 5.41) is 12.2. The number of hydrogen-bond donors (Lipinski definition) is 2. The number of halogens is 1. The third-order valence-electron chi connectivity index (χ3n) is 5.14. The number of aliphatic carboxylic acids is 1. The number of hydrogen-bond acceptors (Lipinski definition) is 4. The van der Waals surface area contributed by atoms with E-state index < -0.39 is 18.1 Å². The number of nitrogens with zero attached hydrogens (tertiary/aromatic N) is 1. The van der Waals surface area contributed by atoms with Gasteiger partial charge in [0.05, 0.1) is 17.5 Å². The molecule has 1 aliphatic rings. The molecule has 2 N–H and O–H groups in total. The molecule has 0 bridgehead atoms. The first-order chi connectivity index (χ1) is 14.5. The molecule has 2 aromatic carbocycles. The van der Waals surface area contributed by atoms with Crippen LogP contribution in [0.2, 0.25) is 5.02 Å². The van der Waals surface area contributed by atoms with E-state index >= 15 is 0 Å². The highest BCUT2D eigenvalue weighted by atomic mass is 35.5. The highest BCUT2D eigenvalue weighted by molar-refractivity contribution is 6.30. The van der Waals surface area contributed by atoms with Crippen molar-refractivity contribution in [1.29, 1.82) is 0 Å². The van der Waals surface area contributed by atoms with Gasteiger partial charge in [-0.1, -0.05) is 60.1 Å². The third-order valence-corrected chi connectivity index (χ3v) is 5.35. The van der Waals surface area contributed by atoms with Crippen LogP contribution in [-0.2, 0) is 9.53 Å². The lowest BCUT2D eigenvalue weighted by molar-refractivity contribution is -0.137. The summed E-state index contributed by atoms with van der Waals surface area (Å²) in [7, 11) is 0. The van der Waals surface area contributed by atoms with Crippen molar-refractivity contribution in [1.82, 2.24) is 10.3 Å². The SMILES string of the molecule is O=C(O)CC(NC(=O)OCC1c2ccccc2-c2ccccc21)c1cncc(Cl)c1. The monoisotopic (exact) mass is 422 g/mol. The largest absolute Gasteiger partial charge is 0.481 e. The Morgan fingerprint density at radius 1 is 1.07 bits per heavy atom. The summed E-state index contributed by atoms with van der Waals surface area (Å²) in [5.74, 6) is -1.13. The Morgan fingerprint density at radius 2 is 1.70 bits per heavy atom. The van der Waals surface area contributed by atoms with Gasteiger partial charge in [-0.25, -0.2) is 4.79 Å². The van der Waals surface area contributed by atoms with E-state index in [4.69, 9.17) is 16.3 Å². The normalized spacial score (nSPS) is 13.2. The Labute approximate surface area is 178 Å². The standard InChI is InChI=1S/C23H19ClN2O4/c24-15-9-14(11-25-12-15)21(10-22(27)28)26-23(29)30-13-20-18-7-3-1-5-16(18)17-6-2-4-8-19(17)20/h1-9,11-12,20-21H,10,13H2,(H,26,29)(H,27,28). The van der Waals surface area contributed by atoms with E-state index in [9.17, 15) is 14.7 Å². The van der Waals surface area contributed by atoms with Crippen LogP contribution in [0.4, 0.5) is 4.79 Å². The molecule has 1 amide bonds. The van der Waals surface area contributed by atoms with Gasteiger partial charge in [0, 0.05) is 18.3 Å². The number of pyridine rings is 1. The molecule has 0 radical (unpaired) electrons. The fraction of sp³-hybridized carbons (Fsp3) is 0.174. The van der Waals surface area contributed by atoms with Crippen LogP contribution in [0.25, 0.3) is 11.1 Å². The van der Waals surface area contributed by atoms with Gasteiger partial charge in [-0.15, -0.1) is 0 Å². The summed E-state index contributed by atoms with van der Waals surface area (Å²) in [6, 6.07) is 16.9. The third kappa shape index (κ3) is 4.14. The Morgan fingerprint density at radius 3 is 2.30 bits per heavy atom. The van der Waals surface area contributed by atoms with Crippen LogP contribution in [0.1, 0.15) is 35.1 Å². The molecule has 7 heteroatoms. The van der Waals surface area contributed by atoms with Crippen molar-refractivity contribution >= 4 is 23.7 Å². The molecule has 0 saturated heterocycles. The fourth-order valence-corrected chi connectivity index (χ4v) is 4.01. The smallest absolute Gasteiger partial charge is 0.407 e. The van der Waals surface area contributed by atoms with E-state index in [1.165, 1.54) is 12.4 Å². The molecule has 1 aliphatic carbocycles. The van der Waals surface area contributed by atoms with E-state index in [1.807, 2.05) is 36.4 Å². The van der Waals surface area contributed by atoms with Crippen molar-refractivity contribution in [3.63, 3.8) is 0 Å². The number of fused-ring (bicyclic) bond motifs is 3. The molecule has 0 spiro atoms. The first-order valence-electron chi connectivity index (χ1n) is 9.46. The molecule has 1 aromatic heterocycles. The maximum absolute atomic E-state index is 12.5. The minimum atomic E-state index is -1.06. The molecule has 1 heterocycles.